The molecule has 0 aliphatic heterocycles. The average Bonchev–Trinajstić information content (AvgIpc) is 3.15. The van der Waals surface area contributed by atoms with Crippen molar-refractivity contribution in [1.82, 2.24) is 15.0 Å². The summed E-state index contributed by atoms with van der Waals surface area (Å²) in [6.45, 7) is 2.01. The molecule has 2 heterocycles. The van der Waals surface area contributed by atoms with Gasteiger partial charge >= 0.3 is 0 Å². The maximum atomic E-state index is 5.45. The molecular weight excluding hydrogens is 344 g/mol. The third-order valence-electron chi connectivity index (χ3n) is 4.45. The molecule has 4 aromatic rings. The molecule has 0 amide bonds. The highest BCUT2D eigenvalue weighted by Crippen LogP contribution is 2.41. The highest BCUT2D eigenvalue weighted by molar-refractivity contribution is 6.10. The molecule has 27 heavy (non-hydrogen) atoms. The molecule has 0 fully saturated rings. The molecule has 0 unspecified atom stereocenters. The highest BCUT2D eigenvalue weighted by Gasteiger charge is 2.15. The van der Waals surface area contributed by atoms with Crippen LogP contribution >= 0.6 is 0 Å². The van der Waals surface area contributed by atoms with Crippen molar-refractivity contribution in [3.05, 3.63) is 42.4 Å². The molecule has 0 bridgehead atoms. The summed E-state index contributed by atoms with van der Waals surface area (Å²) in [7, 11) is 4.78. The van der Waals surface area contributed by atoms with Crippen LogP contribution in [0, 0.1) is 6.92 Å². The van der Waals surface area contributed by atoms with Crippen LogP contribution in [0.3, 0.4) is 0 Å². The van der Waals surface area contributed by atoms with Crippen molar-refractivity contribution < 1.29 is 14.2 Å². The van der Waals surface area contributed by atoms with E-state index in [4.69, 9.17) is 14.2 Å². The number of methoxy groups -OCH3 is 3. The molecule has 0 aliphatic carbocycles. The smallest absolute Gasteiger partial charge is 0.203 e. The quantitative estimate of drug-likeness (QED) is 0.553. The topological polar surface area (TPSA) is 81.3 Å². The first-order chi connectivity index (χ1) is 13.1. The normalized spacial score (nSPS) is 11.0. The number of pyridine rings is 1. The number of anilines is 2. The monoisotopic (exact) mass is 364 g/mol. The molecule has 2 aromatic carbocycles. The first-order valence-electron chi connectivity index (χ1n) is 8.44. The Kier molecular flexibility index (Phi) is 4.19. The van der Waals surface area contributed by atoms with Crippen LogP contribution in [-0.2, 0) is 0 Å². The fourth-order valence-corrected chi connectivity index (χ4v) is 3.29. The minimum atomic E-state index is 0.553. The summed E-state index contributed by atoms with van der Waals surface area (Å²) in [5.74, 6) is 1.72. The standard InChI is InChI=1S/C20H20N4O3/c1-11-7-15(18-13(23-11)5-6-14-19(18)22-10-21-14)24-12-8-16(25-2)20(27-4)17(9-12)26-3/h5-10,23-24H,1-4H3. The van der Waals surface area contributed by atoms with Crippen LogP contribution in [0.2, 0.25) is 0 Å². The number of rotatable bonds is 5. The molecule has 4 rings (SSSR count). The largest absolute Gasteiger partial charge is 0.493 e. The molecule has 138 valence electrons. The molecule has 0 spiro atoms. The van der Waals surface area contributed by atoms with E-state index < -0.39 is 0 Å². The second kappa shape index (κ2) is 6.68. The number of H-pyrrole nitrogens is 1. The second-order valence-electron chi connectivity index (χ2n) is 6.13. The van der Waals surface area contributed by atoms with Crippen LogP contribution in [0.25, 0.3) is 21.9 Å². The van der Waals surface area contributed by atoms with Gasteiger partial charge in [0.25, 0.3) is 0 Å². The van der Waals surface area contributed by atoms with Crippen molar-refractivity contribution in [2.24, 2.45) is 0 Å². The number of hydrogen-bond donors (Lipinski definition) is 2. The van der Waals surface area contributed by atoms with Crippen LogP contribution in [0.4, 0.5) is 11.4 Å². The summed E-state index contributed by atoms with van der Waals surface area (Å²) >= 11 is 0. The minimum Gasteiger partial charge on any atom is -0.493 e. The lowest BCUT2D eigenvalue weighted by Crippen LogP contribution is -1.99. The van der Waals surface area contributed by atoms with Gasteiger partial charge in [-0.05, 0) is 25.1 Å². The van der Waals surface area contributed by atoms with Gasteiger partial charge in [0.05, 0.1) is 32.5 Å². The van der Waals surface area contributed by atoms with E-state index in [9.17, 15) is 0 Å². The molecule has 7 heteroatoms. The number of fused-ring (bicyclic) bond motifs is 3. The van der Waals surface area contributed by atoms with E-state index in [0.29, 0.717) is 17.2 Å². The van der Waals surface area contributed by atoms with Crippen LogP contribution in [0.1, 0.15) is 5.69 Å². The van der Waals surface area contributed by atoms with E-state index in [1.807, 2.05) is 37.3 Å². The lowest BCUT2D eigenvalue weighted by molar-refractivity contribution is 0.324. The number of benzene rings is 2. The van der Waals surface area contributed by atoms with Crippen LogP contribution in [-0.4, -0.2) is 36.3 Å². The maximum Gasteiger partial charge on any atom is 0.203 e. The van der Waals surface area contributed by atoms with E-state index in [0.717, 1.165) is 39.0 Å². The number of aryl methyl sites for hydroxylation is 1. The molecule has 0 aliphatic rings. The third-order valence-corrected chi connectivity index (χ3v) is 4.45. The predicted octanol–water partition coefficient (Wildman–Crippen LogP) is 4.19. The summed E-state index contributed by atoms with van der Waals surface area (Å²) in [4.78, 5) is 12.1. The van der Waals surface area contributed by atoms with Crippen LogP contribution in [0.15, 0.2) is 36.7 Å². The van der Waals surface area contributed by atoms with Crippen molar-refractivity contribution in [2.45, 2.75) is 6.92 Å². The summed E-state index contributed by atoms with van der Waals surface area (Å²) in [5.41, 5.74) is 5.44. The van der Waals surface area contributed by atoms with Crippen molar-refractivity contribution in [2.75, 3.05) is 26.6 Å². The Balaban J connectivity index is 1.90. The summed E-state index contributed by atoms with van der Waals surface area (Å²) in [6.07, 6.45) is 1.58. The first-order valence-corrected chi connectivity index (χ1v) is 8.44. The highest BCUT2D eigenvalue weighted by atomic mass is 16.5. The molecule has 2 aromatic heterocycles. The molecule has 0 atom stereocenters. The Hall–Kier alpha value is -3.48. The van der Waals surface area contributed by atoms with Gasteiger partial charge in [-0.15, -0.1) is 0 Å². The molecule has 0 saturated heterocycles. The molecule has 0 saturated carbocycles. The van der Waals surface area contributed by atoms with Gasteiger partial charge < -0.3 is 24.5 Å². The summed E-state index contributed by atoms with van der Waals surface area (Å²) < 4.78 is 16.3. The minimum absolute atomic E-state index is 0.553. The van der Waals surface area contributed by atoms with Gasteiger partial charge in [0.2, 0.25) is 5.75 Å². The Morgan fingerprint density at radius 2 is 1.67 bits per heavy atom. The molecule has 0 radical (unpaired) electrons. The predicted molar refractivity (Wildman–Crippen MR) is 106 cm³/mol. The Bertz CT molecular complexity index is 1110. The molecular formula is C20H20N4O3. The Morgan fingerprint density at radius 1 is 0.926 bits per heavy atom. The SMILES string of the molecule is COc1cc(Nc2cc(C)[nH]c3ccc4ncnc4c23)cc(OC)c1OC. The zero-order valence-corrected chi connectivity index (χ0v) is 15.6. The number of hydrogen-bond acceptors (Lipinski definition) is 6. The Morgan fingerprint density at radius 3 is 2.33 bits per heavy atom. The van der Waals surface area contributed by atoms with E-state index in [2.05, 4.69) is 20.3 Å². The zero-order valence-electron chi connectivity index (χ0n) is 15.6. The Labute approximate surface area is 156 Å². The molecule has 7 nitrogen and oxygen atoms in total. The van der Waals surface area contributed by atoms with E-state index >= 15 is 0 Å². The van der Waals surface area contributed by atoms with Crippen molar-refractivity contribution in [3.8, 4) is 17.2 Å². The van der Waals surface area contributed by atoms with Gasteiger partial charge in [0.15, 0.2) is 11.5 Å². The lowest BCUT2D eigenvalue weighted by Gasteiger charge is -2.16. The summed E-state index contributed by atoms with van der Waals surface area (Å²) in [5, 5.41) is 4.44. The van der Waals surface area contributed by atoms with Gasteiger partial charge in [-0.2, -0.15) is 0 Å². The first kappa shape index (κ1) is 17.0. The maximum absolute atomic E-state index is 5.45. The van der Waals surface area contributed by atoms with Crippen molar-refractivity contribution in [1.29, 1.82) is 0 Å². The molecule has 2 N–H and O–H groups in total. The van der Waals surface area contributed by atoms with Gasteiger partial charge in [0, 0.05) is 34.4 Å². The lowest BCUT2D eigenvalue weighted by atomic mass is 10.1. The number of aromatic nitrogens is 3. The van der Waals surface area contributed by atoms with Crippen molar-refractivity contribution in [3.63, 3.8) is 0 Å². The fraction of sp³-hybridized carbons (Fsp3) is 0.200. The van der Waals surface area contributed by atoms with E-state index in [1.165, 1.54) is 0 Å². The van der Waals surface area contributed by atoms with Gasteiger partial charge in [-0.1, -0.05) is 0 Å². The number of imidazole rings is 1. The number of nitrogens with one attached hydrogen (secondary N) is 2. The number of aromatic amines is 1. The van der Waals surface area contributed by atoms with Crippen LogP contribution in [0.5, 0.6) is 17.2 Å². The van der Waals surface area contributed by atoms with Gasteiger partial charge in [0.1, 0.15) is 11.8 Å². The second-order valence-corrected chi connectivity index (χ2v) is 6.13. The van der Waals surface area contributed by atoms with Crippen LogP contribution < -0.4 is 19.5 Å². The number of nitrogens with zero attached hydrogens (tertiary/aromatic N) is 2. The van der Waals surface area contributed by atoms with E-state index in [1.54, 1.807) is 27.7 Å². The van der Waals surface area contributed by atoms with E-state index in [-0.39, 0.29) is 0 Å². The van der Waals surface area contributed by atoms with Crippen molar-refractivity contribution >= 4 is 33.3 Å². The fourth-order valence-electron chi connectivity index (χ4n) is 3.29. The zero-order chi connectivity index (χ0) is 19.0. The third kappa shape index (κ3) is 2.87. The van der Waals surface area contributed by atoms with Gasteiger partial charge in [-0.25, -0.2) is 9.97 Å². The van der Waals surface area contributed by atoms with Gasteiger partial charge in [-0.3, -0.25) is 0 Å². The number of ether oxygens (including phenoxy) is 3. The average molecular weight is 364 g/mol. The summed E-state index contributed by atoms with van der Waals surface area (Å²) in [6, 6.07) is 9.76.